The van der Waals surface area contributed by atoms with E-state index >= 15 is 0 Å². The summed E-state index contributed by atoms with van der Waals surface area (Å²) in [6.07, 6.45) is 5.64. The van der Waals surface area contributed by atoms with Crippen LogP contribution in [0.25, 0.3) is 0 Å². The third-order valence-corrected chi connectivity index (χ3v) is 4.71. The van der Waals surface area contributed by atoms with Crippen molar-refractivity contribution >= 4 is 0 Å². The standard InChI is InChI=1S/C17H25NO2/c1-3-9-18-14-7-10-20-17(12-14)8-6-13-4-5-15(19-2)11-16(13)17/h4-5,11,14,18H,3,6-10,12H2,1-2H3. The topological polar surface area (TPSA) is 30.5 Å². The van der Waals surface area contributed by atoms with Gasteiger partial charge in [0.2, 0.25) is 0 Å². The molecule has 1 aromatic rings. The maximum atomic E-state index is 6.27. The molecule has 1 spiro atoms. The highest BCUT2D eigenvalue weighted by Gasteiger charge is 2.43. The quantitative estimate of drug-likeness (QED) is 0.916. The van der Waals surface area contributed by atoms with Gasteiger partial charge in [-0.2, -0.15) is 0 Å². The summed E-state index contributed by atoms with van der Waals surface area (Å²) in [6, 6.07) is 7.04. The Morgan fingerprint density at radius 3 is 3.15 bits per heavy atom. The molecule has 1 aliphatic carbocycles. The fraction of sp³-hybridized carbons (Fsp3) is 0.647. The van der Waals surface area contributed by atoms with E-state index in [-0.39, 0.29) is 5.60 Å². The van der Waals surface area contributed by atoms with Crippen LogP contribution < -0.4 is 10.1 Å². The van der Waals surface area contributed by atoms with E-state index in [1.165, 1.54) is 17.5 Å². The summed E-state index contributed by atoms with van der Waals surface area (Å²) in [6.45, 7) is 4.18. The lowest BCUT2D eigenvalue weighted by Gasteiger charge is -2.39. The molecule has 0 aromatic heterocycles. The summed E-state index contributed by atoms with van der Waals surface area (Å²) in [5.41, 5.74) is 2.72. The highest BCUT2D eigenvalue weighted by Crippen LogP contribution is 2.46. The third kappa shape index (κ3) is 2.45. The smallest absolute Gasteiger partial charge is 0.119 e. The van der Waals surface area contributed by atoms with E-state index < -0.39 is 0 Å². The highest BCUT2D eigenvalue weighted by molar-refractivity contribution is 5.43. The lowest BCUT2D eigenvalue weighted by atomic mass is 9.85. The average Bonchev–Trinajstić information content (AvgIpc) is 2.83. The van der Waals surface area contributed by atoms with Crippen LogP contribution in [0.2, 0.25) is 0 Å². The zero-order valence-electron chi connectivity index (χ0n) is 12.6. The molecule has 3 nitrogen and oxygen atoms in total. The van der Waals surface area contributed by atoms with E-state index in [2.05, 4.69) is 30.4 Å². The Morgan fingerprint density at radius 2 is 2.35 bits per heavy atom. The van der Waals surface area contributed by atoms with Crippen LogP contribution in [0.5, 0.6) is 5.75 Å². The Hall–Kier alpha value is -1.06. The zero-order valence-corrected chi connectivity index (χ0v) is 12.6. The SMILES string of the molecule is CCCNC1CCOC2(CCc3ccc(OC)cc32)C1. The number of rotatable bonds is 4. The predicted molar refractivity (Wildman–Crippen MR) is 80.3 cm³/mol. The van der Waals surface area contributed by atoms with Gasteiger partial charge in [-0.25, -0.2) is 0 Å². The largest absolute Gasteiger partial charge is 0.497 e. The molecule has 0 bridgehead atoms. The van der Waals surface area contributed by atoms with Crippen molar-refractivity contribution in [3.63, 3.8) is 0 Å². The molecule has 0 amide bonds. The van der Waals surface area contributed by atoms with Gasteiger partial charge in [-0.15, -0.1) is 0 Å². The number of nitrogens with one attached hydrogen (secondary N) is 1. The van der Waals surface area contributed by atoms with Crippen molar-refractivity contribution in [2.24, 2.45) is 0 Å². The lowest BCUT2D eigenvalue weighted by Crippen LogP contribution is -2.44. The molecular formula is C17H25NO2. The van der Waals surface area contributed by atoms with Gasteiger partial charge in [-0.1, -0.05) is 13.0 Å². The minimum Gasteiger partial charge on any atom is -0.497 e. The van der Waals surface area contributed by atoms with Gasteiger partial charge in [0, 0.05) is 12.6 Å². The molecule has 1 fully saturated rings. The second-order valence-electron chi connectivity index (χ2n) is 6.01. The van der Waals surface area contributed by atoms with Crippen LogP contribution in [-0.2, 0) is 16.8 Å². The Balaban J connectivity index is 1.83. The zero-order chi connectivity index (χ0) is 14.0. The average molecular weight is 275 g/mol. The van der Waals surface area contributed by atoms with Crippen molar-refractivity contribution < 1.29 is 9.47 Å². The first-order valence-electron chi connectivity index (χ1n) is 7.82. The maximum absolute atomic E-state index is 6.27. The van der Waals surface area contributed by atoms with Crippen molar-refractivity contribution in [1.29, 1.82) is 0 Å². The lowest BCUT2D eigenvalue weighted by molar-refractivity contribution is -0.0929. The minimum atomic E-state index is -0.0759. The monoisotopic (exact) mass is 275 g/mol. The van der Waals surface area contributed by atoms with Gasteiger partial charge in [0.25, 0.3) is 0 Å². The summed E-state index contributed by atoms with van der Waals surface area (Å²) in [7, 11) is 1.73. The summed E-state index contributed by atoms with van der Waals surface area (Å²) in [5.74, 6) is 0.942. The predicted octanol–water partition coefficient (Wildman–Crippen LogP) is 3.02. The van der Waals surface area contributed by atoms with Crippen LogP contribution in [0, 0.1) is 0 Å². The number of hydrogen-bond acceptors (Lipinski definition) is 3. The molecule has 2 aliphatic rings. The molecule has 0 radical (unpaired) electrons. The highest BCUT2D eigenvalue weighted by atomic mass is 16.5. The van der Waals surface area contributed by atoms with Crippen LogP contribution >= 0.6 is 0 Å². The summed E-state index contributed by atoms with van der Waals surface area (Å²) >= 11 is 0. The van der Waals surface area contributed by atoms with E-state index in [9.17, 15) is 0 Å². The fourth-order valence-corrected chi connectivity index (χ4v) is 3.64. The number of aryl methyl sites for hydroxylation is 1. The van der Waals surface area contributed by atoms with Crippen molar-refractivity contribution in [3.8, 4) is 5.75 Å². The molecule has 110 valence electrons. The molecule has 3 rings (SSSR count). The van der Waals surface area contributed by atoms with Crippen LogP contribution in [0.3, 0.4) is 0 Å². The molecule has 1 N–H and O–H groups in total. The Bertz CT molecular complexity index is 470. The van der Waals surface area contributed by atoms with Gasteiger partial charge in [-0.05, 0) is 61.9 Å². The molecule has 2 unspecified atom stereocenters. The van der Waals surface area contributed by atoms with Crippen LogP contribution in [0.1, 0.15) is 43.7 Å². The fourth-order valence-electron chi connectivity index (χ4n) is 3.64. The molecular weight excluding hydrogens is 250 g/mol. The van der Waals surface area contributed by atoms with E-state index in [4.69, 9.17) is 9.47 Å². The molecule has 3 heteroatoms. The summed E-state index contributed by atoms with van der Waals surface area (Å²) in [4.78, 5) is 0. The third-order valence-electron chi connectivity index (χ3n) is 4.71. The van der Waals surface area contributed by atoms with Crippen molar-refractivity contribution in [3.05, 3.63) is 29.3 Å². The second-order valence-corrected chi connectivity index (χ2v) is 6.01. The van der Waals surface area contributed by atoms with Gasteiger partial charge in [0.05, 0.1) is 12.7 Å². The normalized spacial score (nSPS) is 28.6. The van der Waals surface area contributed by atoms with E-state index in [1.54, 1.807) is 7.11 Å². The van der Waals surface area contributed by atoms with E-state index in [0.29, 0.717) is 6.04 Å². The maximum Gasteiger partial charge on any atom is 0.119 e. The molecule has 1 heterocycles. The molecule has 0 saturated carbocycles. The van der Waals surface area contributed by atoms with E-state index in [1.807, 2.05) is 0 Å². The van der Waals surface area contributed by atoms with Gasteiger partial charge in [0.1, 0.15) is 5.75 Å². The van der Waals surface area contributed by atoms with Crippen LogP contribution in [0.15, 0.2) is 18.2 Å². The number of methoxy groups -OCH3 is 1. The Morgan fingerprint density at radius 1 is 1.45 bits per heavy atom. The number of ether oxygens (including phenoxy) is 2. The Labute approximate surface area is 121 Å². The first-order chi connectivity index (χ1) is 9.77. The minimum absolute atomic E-state index is 0.0759. The number of benzene rings is 1. The van der Waals surface area contributed by atoms with Gasteiger partial charge in [-0.3, -0.25) is 0 Å². The first-order valence-corrected chi connectivity index (χ1v) is 7.82. The van der Waals surface area contributed by atoms with Crippen molar-refractivity contribution in [1.82, 2.24) is 5.32 Å². The molecule has 20 heavy (non-hydrogen) atoms. The van der Waals surface area contributed by atoms with Crippen molar-refractivity contribution in [2.75, 3.05) is 20.3 Å². The molecule has 2 atom stereocenters. The second kappa shape index (κ2) is 5.74. The van der Waals surface area contributed by atoms with Crippen molar-refractivity contribution in [2.45, 2.75) is 50.7 Å². The first kappa shape index (κ1) is 13.9. The summed E-state index contributed by atoms with van der Waals surface area (Å²) < 4.78 is 11.7. The molecule has 1 aliphatic heterocycles. The molecule has 1 aromatic carbocycles. The van der Waals surface area contributed by atoms with Gasteiger partial charge < -0.3 is 14.8 Å². The van der Waals surface area contributed by atoms with Crippen LogP contribution in [-0.4, -0.2) is 26.3 Å². The Kier molecular flexibility index (Phi) is 3.99. The summed E-state index contributed by atoms with van der Waals surface area (Å²) in [5, 5.41) is 3.67. The van der Waals surface area contributed by atoms with Crippen LogP contribution in [0.4, 0.5) is 0 Å². The van der Waals surface area contributed by atoms with E-state index in [0.717, 1.165) is 44.6 Å². The molecule has 1 saturated heterocycles. The van der Waals surface area contributed by atoms with Gasteiger partial charge >= 0.3 is 0 Å². The number of hydrogen-bond donors (Lipinski definition) is 1. The number of fused-ring (bicyclic) bond motifs is 2. The van der Waals surface area contributed by atoms with Gasteiger partial charge in [0.15, 0.2) is 0 Å².